The van der Waals surface area contributed by atoms with E-state index in [1.54, 1.807) is 24.3 Å². The van der Waals surface area contributed by atoms with Crippen LogP contribution >= 0.6 is 0 Å². The highest BCUT2D eigenvalue weighted by Crippen LogP contribution is 2.27. The third-order valence-corrected chi connectivity index (χ3v) is 4.64. The van der Waals surface area contributed by atoms with Gasteiger partial charge in [-0.2, -0.15) is 0 Å². The Kier molecular flexibility index (Phi) is 6.69. The number of hydrogen-bond acceptors (Lipinski definition) is 3. The van der Waals surface area contributed by atoms with Crippen LogP contribution in [0.25, 0.3) is 0 Å². The first-order valence-corrected chi connectivity index (χ1v) is 8.88. The average Bonchev–Trinajstić information content (AvgIpc) is 2.58. The second kappa shape index (κ2) is 8.76. The van der Waals surface area contributed by atoms with Crippen molar-refractivity contribution in [2.24, 2.45) is 5.92 Å². The summed E-state index contributed by atoms with van der Waals surface area (Å²) in [7, 11) is 0. The van der Waals surface area contributed by atoms with Crippen LogP contribution in [-0.2, 0) is 4.79 Å². The van der Waals surface area contributed by atoms with Crippen LogP contribution in [0.2, 0.25) is 0 Å². The van der Waals surface area contributed by atoms with Crippen LogP contribution in [0.3, 0.4) is 0 Å². The van der Waals surface area contributed by atoms with Gasteiger partial charge in [0.2, 0.25) is 11.6 Å². The second-order valence-corrected chi connectivity index (χ2v) is 6.42. The van der Waals surface area contributed by atoms with Gasteiger partial charge < -0.3 is 0 Å². The molecule has 2 rings (SSSR count). The zero-order valence-electron chi connectivity index (χ0n) is 14.0. The molecule has 0 aliphatic heterocycles. The molecule has 23 heavy (non-hydrogen) atoms. The van der Waals surface area contributed by atoms with Gasteiger partial charge in [0.1, 0.15) is 0 Å². The molecule has 3 heteroatoms. The second-order valence-electron chi connectivity index (χ2n) is 6.42. The highest BCUT2D eigenvalue weighted by atomic mass is 16.2. The number of rotatable bonds is 9. The molecule has 0 saturated heterocycles. The van der Waals surface area contributed by atoms with Gasteiger partial charge in [-0.05, 0) is 6.42 Å². The van der Waals surface area contributed by atoms with Gasteiger partial charge in [-0.1, -0.05) is 82.6 Å². The zero-order chi connectivity index (χ0) is 16.7. The Morgan fingerprint density at radius 2 is 1.30 bits per heavy atom. The van der Waals surface area contributed by atoms with Crippen molar-refractivity contribution < 1.29 is 14.4 Å². The number of benzene rings is 1. The standard InChI is InChI=1S/C20H26O3/c1-2-3-4-5-6-7-8-9-14-17-18(21)15-12-10-11-13-16(15)19(22)20(17)23/h10-13,17H,2-9,14H2,1H3. The number of hydrogen-bond donors (Lipinski definition) is 0. The van der Waals surface area contributed by atoms with Crippen LogP contribution < -0.4 is 0 Å². The molecule has 124 valence electrons. The van der Waals surface area contributed by atoms with Crippen LogP contribution in [0.15, 0.2) is 24.3 Å². The van der Waals surface area contributed by atoms with E-state index >= 15 is 0 Å². The van der Waals surface area contributed by atoms with Crippen molar-refractivity contribution >= 4 is 17.3 Å². The number of ketones is 3. The first-order chi connectivity index (χ1) is 11.2. The summed E-state index contributed by atoms with van der Waals surface area (Å²) in [5.41, 5.74) is 0.691. The molecule has 1 aliphatic rings. The third kappa shape index (κ3) is 4.37. The van der Waals surface area contributed by atoms with Gasteiger partial charge in [0.25, 0.3) is 0 Å². The van der Waals surface area contributed by atoms with Gasteiger partial charge >= 0.3 is 0 Å². The van der Waals surface area contributed by atoms with Crippen molar-refractivity contribution in [3.63, 3.8) is 0 Å². The predicted octanol–water partition coefficient (Wildman–Crippen LogP) is 4.78. The molecule has 0 radical (unpaired) electrons. The maximum Gasteiger partial charge on any atom is 0.230 e. The minimum atomic E-state index is -0.752. The van der Waals surface area contributed by atoms with E-state index in [9.17, 15) is 14.4 Å². The fourth-order valence-corrected chi connectivity index (χ4v) is 3.24. The molecule has 0 saturated carbocycles. The predicted molar refractivity (Wildman–Crippen MR) is 90.8 cm³/mol. The van der Waals surface area contributed by atoms with Crippen LogP contribution in [-0.4, -0.2) is 17.3 Å². The van der Waals surface area contributed by atoms with Crippen molar-refractivity contribution in [3.05, 3.63) is 35.4 Å². The number of carbonyl (C=O) groups excluding carboxylic acids is 3. The van der Waals surface area contributed by atoms with Crippen LogP contribution in [0.5, 0.6) is 0 Å². The summed E-state index contributed by atoms with van der Waals surface area (Å²) >= 11 is 0. The monoisotopic (exact) mass is 314 g/mol. The third-order valence-electron chi connectivity index (χ3n) is 4.64. The van der Waals surface area contributed by atoms with Crippen LogP contribution in [0.1, 0.15) is 85.4 Å². The average molecular weight is 314 g/mol. The number of fused-ring (bicyclic) bond motifs is 1. The van der Waals surface area contributed by atoms with Crippen molar-refractivity contribution in [2.45, 2.75) is 64.7 Å². The van der Waals surface area contributed by atoms with Crippen LogP contribution in [0.4, 0.5) is 0 Å². The fourth-order valence-electron chi connectivity index (χ4n) is 3.24. The van der Waals surface area contributed by atoms with Gasteiger partial charge in [0, 0.05) is 11.1 Å². The lowest BCUT2D eigenvalue weighted by atomic mass is 9.78. The van der Waals surface area contributed by atoms with Crippen LogP contribution in [0, 0.1) is 5.92 Å². The minimum absolute atomic E-state index is 0.173. The zero-order valence-corrected chi connectivity index (χ0v) is 14.0. The number of carbonyl (C=O) groups is 3. The van der Waals surface area contributed by atoms with Crippen molar-refractivity contribution in [1.82, 2.24) is 0 Å². The normalized spacial score (nSPS) is 17.4. The molecule has 0 N–H and O–H groups in total. The SMILES string of the molecule is CCCCCCCCCCC1C(=O)C(=O)c2ccccc2C1=O. The Balaban J connectivity index is 1.81. The molecule has 1 aromatic carbocycles. The lowest BCUT2D eigenvalue weighted by molar-refractivity contribution is -0.117. The van der Waals surface area contributed by atoms with E-state index in [1.165, 1.54) is 32.1 Å². The van der Waals surface area contributed by atoms with Crippen molar-refractivity contribution in [3.8, 4) is 0 Å². The molecule has 3 nitrogen and oxygen atoms in total. The highest BCUT2D eigenvalue weighted by Gasteiger charge is 2.39. The van der Waals surface area contributed by atoms with Gasteiger partial charge in [-0.15, -0.1) is 0 Å². The molecule has 1 unspecified atom stereocenters. The molecule has 1 atom stereocenters. The molecular formula is C20H26O3. The van der Waals surface area contributed by atoms with Gasteiger partial charge in [0.05, 0.1) is 5.92 Å². The summed E-state index contributed by atoms with van der Waals surface area (Å²) in [5, 5.41) is 0. The largest absolute Gasteiger partial charge is 0.293 e. The molecule has 0 aromatic heterocycles. The number of unbranched alkanes of at least 4 members (excludes halogenated alkanes) is 7. The Labute approximate surface area is 138 Å². The van der Waals surface area contributed by atoms with Gasteiger partial charge in [0.15, 0.2) is 5.78 Å². The van der Waals surface area contributed by atoms with E-state index in [0.29, 0.717) is 12.0 Å². The maximum absolute atomic E-state index is 12.4. The van der Waals surface area contributed by atoms with Gasteiger partial charge in [-0.25, -0.2) is 0 Å². The Hall–Kier alpha value is -1.77. The van der Waals surface area contributed by atoms with E-state index in [1.807, 2.05) is 0 Å². The van der Waals surface area contributed by atoms with Gasteiger partial charge in [-0.3, -0.25) is 14.4 Å². The molecule has 0 spiro atoms. The summed E-state index contributed by atoms with van der Waals surface area (Å²) in [5.74, 6) is -1.94. The molecule has 0 bridgehead atoms. The summed E-state index contributed by atoms with van der Waals surface area (Å²) in [6.07, 6.45) is 9.84. The Bertz CT molecular complexity index is 574. The molecule has 1 aliphatic carbocycles. The smallest absolute Gasteiger partial charge is 0.230 e. The molecule has 0 heterocycles. The first-order valence-electron chi connectivity index (χ1n) is 8.88. The molecule has 0 amide bonds. The molecule has 0 fully saturated rings. The maximum atomic E-state index is 12.4. The summed E-state index contributed by atoms with van der Waals surface area (Å²) in [6.45, 7) is 2.21. The van der Waals surface area contributed by atoms with Crippen molar-refractivity contribution in [2.75, 3.05) is 0 Å². The summed E-state index contributed by atoms with van der Waals surface area (Å²) in [6, 6.07) is 6.66. The minimum Gasteiger partial charge on any atom is -0.293 e. The van der Waals surface area contributed by atoms with Crippen molar-refractivity contribution in [1.29, 1.82) is 0 Å². The topological polar surface area (TPSA) is 51.2 Å². The fraction of sp³-hybridized carbons (Fsp3) is 0.550. The lowest BCUT2D eigenvalue weighted by Gasteiger charge is -2.20. The van der Waals surface area contributed by atoms with E-state index in [-0.39, 0.29) is 11.3 Å². The summed E-state index contributed by atoms with van der Waals surface area (Å²) in [4.78, 5) is 36.7. The highest BCUT2D eigenvalue weighted by molar-refractivity contribution is 6.51. The first kappa shape index (κ1) is 17.6. The molecule has 1 aromatic rings. The van der Waals surface area contributed by atoms with E-state index in [0.717, 1.165) is 19.3 Å². The quantitative estimate of drug-likeness (QED) is 0.374. The van der Waals surface area contributed by atoms with E-state index in [4.69, 9.17) is 0 Å². The van der Waals surface area contributed by atoms with E-state index < -0.39 is 17.5 Å². The molecular weight excluding hydrogens is 288 g/mol. The lowest BCUT2D eigenvalue weighted by Crippen LogP contribution is -2.36. The summed E-state index contributed by atoms with van der Waals surface area (Å²) < 4.78 is 0. The van der Waals surface area contributed by atoms with E-state index in [2.05, 4.69) is 6.92 Å². The Morgan fingerprint density at radius 1 is 0.739 bits per heavy atom. The number of Topliss-reactive ketones (excluding diaryl/α,β-unsaturated/α-hetero) is 3. The Morgan fingerprint density at radius 3 is 1.96 bits per heavy atom.